The average molecular weight is 553 g/mol. The molecular weight excluding hydrogens is 537 g/mol. The lowest BCUT2D eigenvalue weighted by molar-refractivity contribution is -0.144. The first-order valence-corrected chi connectivity index (χ1v) is 11.9. The number of alkyl halides is 2. The van der Waals surface area contributed by atoms with Gasteiger partial charge < -0.3 is 20.5 Å². The highest BCUT2D eigenvalue weighted by atomic mass is 35.5. The number of hydrogen-bond acceptors (Lipinski definition) is 8. The van der Waals surface area contributed by atoms with Gasteiger partial charge in [0.1, 0.15) is 18.5 Å². The summed E-state index contributed by atoms with van der Waals surface area (Å²) in [5.41, 5.74) is -1.12. The van der Waals surface area contributed by atoms with E-state index in [1.165, 1.54) is 35.7 Å². The fraction of sp³-hybridized carbons (Fsp3) is 0.227. The van der Waals surface area contributed by atoms with E-state index in [1.807, 2.05) is 0 Å². The number of carbonyl (C=O) groups is 2. The summed E-state index contributed by atoms with van der Waals surface area (Å²) in [4.78, 5) is 33.0. The van der Waals surface area contributed by atoms with Gasteiger partial charge in [0.05, 0.1) is 5.69 Å². The van der Waals surface area contributed by atoms with E-state index in [4.69, 9.17) is 21.3 Å². The molecule has 1 fully saturated rings. The number of carboxylic acid groups (broad SMARTS) is 1. The molecule has 0 bridgehead atoms. The summed E-state index contributed by atoms with van der Waals surface area (Å²) in [6.07, 6.45) is 1.32. The second-order valence-corrected chi connectivity index (χ2v) is 9.43. The lowest BCUT2D eigenvalue weighted by atomic mass is 9.87. The van der Waals surface area contributed by atoms with Crippen molar-refractivity contribution < 1.29 is 32.6 Å². The van der Waals surface area contributed by atoms with Crippen LogP contribution in [0.1, 0.15) is 35.3 Å². The van der Waals surface area contributed by atoms with Gasteiger partial charge in [-0.05, 0) is 18.2 Å². The molecule has 2 atom stereocenters. The van der Waals surface area contributed by atoms with Crippen LogP contribution in [0.3, 0.4) is 0 Å². The fourth-order valence-corrected chi connectivity index (χ4v) is 4.93. The zero-order valence-corrected chi connectivity index (χ0v) is 20.1. The van der Waals surface area contributed by atoms with Crippen LogP contribution >= 0.6 is 22.9 Å². The van der Waals surface area contributed by atoms with Crippen molar-refractivity contribution in [1.29, 1.82) is 0 Å². The molecule has 10 nitrogen and oxygen atoms in total. The van der Waals surface area contributed by atoms with Crippen molar-refractivity contribution in [3.63, 3.8) is 0 Å². The summed E-state index contributed by atoms with van der Waals surface area (Å²) in [6.45, 7) is -3.43. The number of aliphatic carboxylic acids is 1. The molecule has 2 aliphatic heterocycles. The Kier molecular flexibility index (Phi) is 6.37. The molecule has 3 N–H and O–H groups in total. The van der Waals surface area contributed by atoms with Gasteiger partial charge in [-0.1, -0.05) is 17.7 Å². The van der Waals surface area contributed by atoms with Crippen molar-refractivity contribution in [2.45, 2.75) is 24.6 Å². The number of alkyl carbamates (subject to hydrolysis) is 1. The molecular formula is C22H16ClF3N6O4S. The minimum absolute atomic E-state index is 0.00438. The number of hydrogen-bond donors (Lipinski definition) is 3. The van der Waals surface area contributed by atoms with Crippen molar-refractivity contribution in [3.8, 4) is 0 Å². The molecule has 0 spiro atoms. The summed E-state index contributed by atoms with van der Waals surface area (Å²) in [5.74, 6) is -1.74. The number of ether oxygens (including phenoxy) is 1. The number of nitrogens with one attached hydrogen (secondary N) is 2. The molecule has 1 aromatic carbocycles. The molecule has 0 unspecified atom stereocenters. The highest BCUT2D eigenvalue weighted by Crippen LogP contribution is 2.42. The fourth-order valence-electron chi connectivity index (χ4n) is 4.07. The van der Waals surface area contributed by atoms with Gasteiger partial charge in [-0.2, -0.15) is 13.9 Å². The number of carbonyl (C=O) groups excluding carboxylic acids is 1. The number of amidine groups is 1. The number of halogens is 4. The lowest BCUT2D eigenvalue weighted by Gasteiger charge is -2.31. The monoisotopic (exact) mass is 552 g/mol. The van der Waals surface area contributed by atoms with Gasteiger partial charge in [0, 0.05) is 46.1 Å². The van der Waals surface area contributed by atoms with Crippen molar-refractivity contribution in [1.82, 2.24) is 25.4 Å². The number of nitrogens with zero attached hydrogens (tertiary/aromatic N) is 4. The molecule has 15 heteroatoms. The Morgan fingerprint density at radius 2 is 2.19 bits per heavy atom. The number of carboxylic acids is 1. The van der Waals surface area contributed by atoms with Crippen LogP contribution in [0.2, 0.25) is 5.02 Å². The van der Waals surface area contributed by atoms with Gasteiger partial charge >= 0.3 is 18.6 Å². The van der Waals surface area contributed by atoms with Gasteiger partial charge in [-0.3, -0.25) is 4.99 Å². The number of cyclic esters (lactones) is 1. The zero-order valence-electron chi connectivity index (χ0n) is 18.5. The van der Waals surface area contributed by atoms with E-state index < -0.39 is 42.6 Å². The van der Waals surface area contributed by atoms with E-state index in [1.54, 1.807) is 5.38 Å². The average Bonchev–Trinajstić information content (AvgIpc) is 3.60. The van der Waals surface area contributed by atoms with Crippen LogP contribution in [0, 0.1) is 5.82 Å². The topological polar surface area (TPSA) is 131 Å². The van der Waals surface area contributed by atoms with Crippen LogP contribution in [-0.4, -0.2) is 49.9 Å². The van der Waals surface area contributed by atoms with E-state index in [9.17, 15) is 27.9 Å². The number of rotatable bonds is 7. The van der Waals surface area contributed by atoms with Gasteiger partial charge in [-0.15, -0.1) is 11.3 Å². The van der Waals surface area contributed by atoms with Crippen molar-refractivity contribution >= 4 is 46.4 Å². The molecule has 37 heavy (non-hydrogen) atoms. The van der Waals surface area contributed by atoms with Gasteiger partial charge in [0.2, 0.25) is 0 Å². The predicted molar refractivity (Wildman–Crippen MR) is 126 cm³/mol. The van der Waals surface area contributed by atoms with Crippen LogP contribution < -0.4 is 10.6 Å². The van der Waals surface area contributed by atoms with Gasteiger partial charge in [-0.25, -0.2) is 23.6 Å². The molecule has 1 amide bonds. The maximum Gasteiger partial charge on any atom is 0.408 e. The van der Waals surface area contributed by atoms with E-state index in [2.05, 4.69) is 20.7 Å². The third-order valence-electron chi connectivity index (χ3n) is 5.78. The third kappa shape index (κ3) is 4.64. The lowest BCUT2D eigenvalue weighted by Crippen LogP contribution is -2.52. The maximum atomic E-state index is 13.9. The predicted octanol–water partition coefficient (Wildman–Crippen LogP) is 3.98. The van der Waals surface area contributed by atoms with Crippen molar-refractivity contribution in [3.05, 3.63) is 74.8 Å². The Balaban J connectivity index is 1.73. The summed E-state index contributed by atoms with van der Waals surface area (Å²) in [7, 11) is 0. The molecule has 0 radical (unpaired) electrons. The number of thiazole rings is 1. The highest BCUT2D eigenvalue weighted by molar-refractivity contribution is 7.11. The molecule has 4 heterocycles. The standard InChI is InChI=1S/C22H16ClF3N6O4S/c23-12-7-10(24)1-2-11(12)16-15(13-3-5-32(31-13)20(25)26)14(28-17(29-16)18-27-4-6-37-18)8-22(19(33)34)9-36-21(35)30-22/h1-7,16,20H,8-9H2,(H,28,29)(H,30,35)(H,33,34)/t16-,22-/m0/s1. The van der Waals surface area contributed by atoms with E-state index in [0.29, 0.717) is 15.3 Å². The quantitative estimate of drug-likeness (QED) is 0.404. The molecule has 192 valence electrons. The Labute approximate surface area is 215 Å². The molecule has 0 saturated carbocycles. The smallest absolute Gasteiger partial charge is 0.408 e. The van der Waals surface area contributed by atoms with Crippen LogP contribution in [-0.2, 0) is 9.53 Å². The van der Waals surface area contributed by atoms with Crippen LogP contribution in [0.25, 0.3) is 5.57 Å². The van der Waals surface area contributed by atoms with E-state index in [0.717, 1.165) is 12.3 Å². The Morgan fingerprint density at radius 3 is 2.78 bits per heavy atom. The summed E-state index contributed by atoms with van der Waals surface area (Å²) in [5, 5.41) is 21.5. The first-order chi connectivity index (χ1) is 17.7. The van der Waals surface area contributed by atoms with Crippen molar-refractivity contribution in [2.75, 3.05) is 6.61 Å². The molecule has 1 saturated heterocycles. The maximum absolute atomic E-state index is 13.9. The number of aromatic nitrogens is 3. The first-order valence-electron chi connectivity index (χ1n) is 10.6. The van der Waals surface area contributed by atoms with Crippen molar-refractivity contribution in [2.24, 2.45) is 4.99 Å². The number of aliphatic imine (C=N–C) groups is 1. The zero-order chi connectivity index (χ0) is 26.3. The molecule has 2 aromatic heterocycles. The Hall–Kier alpha value is -3.91. The molecule has 0 aliphatic carbocycles. The number of amides is 1. The van der Waals surface area contributed by atoms with E-state index >= 15 is 0 Å². The first kappa shape index (κ1) is 24.8. The van der Waals surface area contributed by atoms with Crippen LogP contribution in [0.15, 0.2) is 52.7 Å². The highest BCUT2D eigenvalue weighted by Gasteiger charge is 2.49. The van der Waals surface area contributed by atoms with Crippen LogP contribution in [0.4, 0.5) is 18.0 Å². The molecule has 3 aromatic rings. The summed E-state index contributed by atoms with van der Waals surface area (Å²) >= 11 is 7.62. The van der Waals surface area contributed by atoms with E-state index in [-0.39, 0.29) is 34.2 Å². The second kappa shape index (κ2) is 9.52. The second-order valence-electron chi connectivity index (χ2n) is 8.12. The number of benzene rings is 1. The minimum Gasteiger partial charge on any atom is -0.479 e. The summed E-state index contributed by atoms with van der Waals surface area (Å²) in [6, 6.07) is 3.94. The normalized spacial score (nSPS) is 21.5. The SMILES string of the molecule is O=C1N[C@](CC2=C(c3ccn(C(F)F)n3)[C@H](c3ccc(F)cc3Cl)N=C(c3nccs3)N2)(C(=O)O)CO1. The largest absolute Gasteiger partial charge is 0.479 e. The Bertz CT molecular complexity index is 1440. The van der Waals surface area contributed by atoms with Gasteiger partial charge in [0.25, 0.3) is 0 Å². The summed E-state index contributed by atoms with van der Waals surface area (Å²) < 4.78 is 46.0. The minimum atomic E-state index is -2.94. The molecule has 2 aliphatic rings. The third-order valence-corrected chi connectivity index (χ3v) is 6.89. The Morgan fingerprint density at radius 1 is 1.38 bits per heavy atom. The van der Waals surface area contributed by atoms with Gasteiger partial charge in [0.15, 0.2) is 16.4 Å². The molecule has 5 rings (SSSR count). The van der Waals surface area contributed by atoms with Crippen LogP contribution in [0.5, 0.6) is 0 Å².